The van der Waals surface area contributed by atoms with Crippen LogP contribution in [0.1, 0.15) is 0 Å². The molecule has 0 aliphatic carbocycles. The number of para-hydroxylation sites is 5. The van der Waals surface area contributed by atoms with Crippen LogP contribution < -0.4 is 4.90 Å². The summed E-state index contributed by atoms with van der Waals surface area (Å²) in [4.78, 5) is 4.89. The van der Waals surface area contributed by atoms with Gasteiger partial charge in [-0.2, -0.15) is 0 Å². The second kappa shape index (κ2) is 13.2. The number of hydrogen-bond acceptors (Lipinski definition) is 2. The Morgan fingerprint density at radius 2 is 0.724 bits per heavy atom. The second-order valence-corrected chi connectivity index (χ2v) is 16.1. The van der Waals surface area contributed by atoms with Crippen LogP contribution in [-0.2, 0) is 0 Å². The van der Waals surface area contributed by atoms with Gasteiger partial charge in [0, 0.05) is 48.4 Å². The first kappa shape index (κ1) is 32.9. The van der Waals surface area contributed by atoms with Crippen molar-refractivity contribution in [3.63, 3.8) is 0 Å². The van der Waals surface area contributed by atoms with Gasteiger partial charge in [0.15, 0.2) is 0 Å². The molecule has 0 spiro atoms. The molecule has 2 aromatic heterocycles. The minimum absolute atomic E-state index is 1.15. The van der Waals surface area contributed by atoms with Crippen LogP contribution in [-0.4, -0.2) is 9.13 Å². The summed E-state index contributed by atoms with van der Waals surface area (Å²) >= 11 is 1.85. The van der Waals surface area contributed by atoms with E-state index in [0.29, 0.717) is 0 Å². The highest BCUT2D eigenvalue weighted by atomic mass is 32.2. The van der Waals surface area contributed by atoms with E-state index < -0.39 is 0 Å². The molecule has 0 saturated heterocycles. The van der Waals surface area contributed by atoms with E-state index in [2.05, 4.69) is 226 Å². The van der Waals surface area contributed by atoms with Crippen molar-refractivity contribution in [2.24, 2.45) is 0 Å². The summed E-state index contributed by atoms with van der Waals surface area (Å²) in [6.45, 7) is 0. The fourth-order valence-corrected chi connectivity index (χ4v) is 10.1. The highest BCUT2D eigenvalue weighted by Crippen LogP contribution is 2.52. The molecule has 272 valence electrons. The Balaban J connectivity index is 0.922. The molecule has 1 aliphatic heterocycles. The van der Waals surface area contributed by atoms with Gasteiger partial charge in [0.05, 0.1) is 33.4 Å². The van der Waals surface area contributed by atoms with Crippen molar-refractivity contribution in [1.82, 2.24) is 9.13 Å². The predicted octanol–water partition coefficient (Wildman–Crippen LogP) is 15.1. The van der Waals surface area contributed by atoms with Crippen LogP contribution in [0.4, 0.5) is 17.1 Å². The minimum Gasteiger partial charge on any atom is -0.309 e. The maximum atomic E-state index is 2.41. The van der Waals surface area contributed by atoms with E-state index >= 15 is 0 Å². The Hall–Kier alpha value is -7.27. The zero-order valence-corrected chi connectivity index (χ0v) is 32.3. The largest absolute Gasteiger partial charge is 0.309 e. The van der Waals surface area contributed by atoms with Gasteiger partial charge < -0.3 is 14.0 Å². The molecule has 0 amide bonds. The molecule has 58 heavy (non-hydrogen) atoms. The molecule has 0 saturated carbocycles. The fourth-order valence-electron chi connectivity index (χ4n) is 9.03. The molecule has 3 nitrogen and oxygen atoms in total. The van der Waals surface area contributed by atoms with Crippen LogP contribution in [0, 0.1) is 0 Å². The lowest BCUT2D eigenvalue weighted by molar-refractivity contribution is 1.16. The Morgan fingerprint density at radius 1 is 0.276 bits per heavy atom. The van der Waals surface area contributed by atoms with E-state index in [1.54, 1.807) is 0 Å². The molecule has 0 fully saturated rings. The smallest absolute Gasteiger partial charge is 0.0602 e. The Labute approximate surface area is 340 Å². The Kier molecular flexibility index (Phi) is 7.47. The molecule has 0 bridgehead atoms. The van der Waals surface area contributed by atoms with Crippen LogP contribution >= 0.6 is 11.8 Å². The van der Waals surface area contributed by atoms with Crippen molar-refractivity contribution < 1.29 is 0 Å². The lowest BCUT2D eigenvalue weighted by Crippen LogP contribution is -2.14. The first-order chi connectivity index (χ1) is 28.8. The molecular formula is C54H35N3S. The van der Waals surface area contributed by atoms with Gasteiger partial charge in [-0.15, -0.1) is 0 Å². The van der Waals surface area contributed by atoms with E-state index in [0.717, 1.165) is 5.69 Å². The molecule has 12 rings (SSSR count). The molecule has 11 aromatic rings. The van der Waals surface area contributed by atoms with Crippen LogP contribution in [0.25, 0.3) is 77.2 Å². The summed E-state index contributed by atoms with van der Waals surface area (Å²) < 4.78 is 4.78. The topological polar surface area (TPSA) is 13.1 Å². The average Bonchev–Trinajstić information content (AvgIpc) is 3.81. The Morgan fingerprint density at radius 3 is 1.36 bits per heavy atom. The number of hydrogen-bond donors (Lipinski definition) is 0. The SMILES string of the molecule is c1ccc(N2c3ccccc3Sc3cc(-c4ccc(-n5c6ccccc6c6cc(-c7ccc8c(c7)c7ccccc7n8-c7ccccc7)ccc65)cc4)ccc32)cc1. The van der Waals surface area contributed by atoms with Crippen molar-refractivity contribution in [2.75, 3.05) is 4.90 Å². The molecule has 1 aliphatic rings. The minimum atomic E-state index is 1.15. The molecule has 4 heteroatoms. The first-order valence-corrected chi connectivity index (χ1v) is 20.6. The molecule has 9 aromatic carbocycles. The van der Waals surface area contributed by atoms with Crippen LogP contribution in [0.2, 0.25) is 0 Å². The van der Waals surface area contributed by atoms with Crippen molar-refractivity contribution in [3.8, 4) is 33.6 Å². The van der Waals surface area contributed by atoms with Gasteiger partial charge in [-0.05, 0) is 119 Å². The molecule has 0 radical (unpaired) electrons. The van der Waals surface area contributed by atoms with Crippen molar-refractivity contribution in [1.29, 1.82) is 0 Å². The average molecular weight is 758 g/mol. The van der Waals surface area contributed by atoms with Gasteiger partial charge in [-0.1, -0.05) is 127 Å². The fraction of sp³-hybridized carbons (Fsp3) is 0. The van der Waals surface area contributed by atoms with E-state index in [4.69, 9.17) is 0 Å². The Bertz CT molecular complexity index is 3360. The summed E-state index contributed by atoms with van der Waals surface area (Å²) in [7, 11) is 0. The van der Waals surface area contributed by atoms with Gasteiger partial charge in [-0.25, -0.2) is 0 Å². The zero-order valence-electron chi connectivity index (χ0n) is 31.5. The predicted molar refractivity (Wildman–Crippen MR) is 245 cm³/mol. The maximum absolute atomic E-state index is 2.41. The summed E-state index contributed by atoms with van der Waals surface area (Å²) in [6.07, 6.45) is 0. The third-order valence-corrected chi connectivity index (χ3v) is 12.8. The number of fused-ring (bicyclic) bond motifs is 8. The van der Waals surface area contributed by atoms with Gasteiger partial charge in [-0.3, -0.25) is 0 Å². The summed E-state index contributed by atoms with van der Waals surface area (Å²) in [5, 5.41) is 5.02. The van der Waals surface area contributed by atoms with Gasteiger partial charge in [0.25, 0.3) is 0 Å². The zero-order chi connectivity index (χ0) is 38.2. The summed E-state index contributed by atoms with van der Waals surface area (Å²) in [6, 6.07) is 77.4. The summed E-state index contributed by atoms with van der Waals surface area (Å²) in [5.41, 5.74) is 15.6. The van der Waals surface area contributed by atoms with E-state index in [1.807, 2.05) is 11.8 Å². The lowest BCUT2D eigenvalue weighted by Gasteiger charge is -2.33. The van der Waals surface area contributed by atoms with Gasteiger partial charge in [0.1, 0.15) is 0 Å². The van der Waals surface area contributed by atoms with E-state index in [1.165, 1.54) is 98.4 Å². The monoisotopic (exact) mass is 757 g/mol. The second-order valence-electron chi connectivity index (χ2n) is 15.0. The van der Waals surface area contributed by atoms with Gasteiger partial charge >= 0.3 is 0 Å². The standard InChI is InChI=1S/C54H35N3S/c1-3-13-40(14-4-1)55-47-19-9-7-17-43(47)45-33-37(25-30-49(45)55)38-26-31-50-46(34-38)44-18-8-10-20-48(44)56(50)42-28-23-36(24-29-42)39-27-32-52-54(35-39)58-53-22-12-11-21-51(53)57(52)41-15-5-2-6-16-41/h1-35H. The highest BCUT2D eigenvalue weighted by Gasteiger charge is 2.25. The molecule has 0 N–H and O–H groups in total. The maximum Gasteiger partial charge on any atom is 0.0602 e. The van der Waals surface area contributed by atoms with Crippen molar-refractivity contribution in [3.05, 3.63) is 212 Å². The summed E-state index contributed by atoms with van der Waals surface area (Å²) in [5.74, 6) is 0. The van der Waals surface area contributed by atoms with Crippen LogP contribution in [0.5, 0.6) is 0 Å². The first-order valence-electron chi connectivity index (χ1n) is 19.8. The van der Waals surface area contributed by atoms with Crippen molar-refractivity contribution in [2.45, 2.75) is 9.79 Å². The highest BCUT2D eigenvalue weighted by molar-refractivity contribution is 7.99. The number of aromatic nitrogens is 2. The molecule has 0 unspecified atom stereocenters. The van der Waals surface area contributed by atoms with Crippen LogP contribution in [0.3, 0.4) is 0 Å². The molecule has 0 atom stereocenters. The number of benzene rings is 9. The third-order valence-electron chi connectivity index (χ3n) is 11.7. The molecular weight excluding hydrogens is 723 g/mol. The van der Waals surface area contributed by atoms with E-state index in [9.17, 15) is 0 Å². The van der Waals surface area contributed by atoms with Crippen molar-refractivity contribution >= 4 is 72.4 Å². The number of anilines is 3. The normalized spacial score (nSPS) is 12.4. The number of rotatable bonds is 5. The lowest BCUT2D eigenvalue weighted by atomic mass is 10.0. The quantitative estimate of drug-likeness (QED) is 0.173. The number of nitrogens with zero attached hydrogens (tertiary/aromatic N) is 3. The van der Waals surface area contributed by atoms with Gasteiger partial charge in [0.2, 0.25) is 0 Å². The van der Waals surface area contributed by atoms with E-state index in [-0.39, 0.29) is 0 Å². The third kappa shape index (κ3) is 5.16. The molecule has 3 heterocycles. The van der Waals surface area contributed by atoms with Crippen LogP contribution in [0.15, 0.2) is 222 Å².